The van der Waals surface area contributed by atoms with Crippen molar-refractivity contribution in [2.45, 2.75) is 37.1 Å². The minimum atomic E-state index is -3.31. The summed E-state index contributed by atoms with van der Waals surface area (Å²) in [5.41, 5.74) is 2.10. The Morgan fingerprint density at radius 3 is 2.81 bits per heavy atom. The van der Waals surface area contributed by atoms with Gasteiger partial charge in [-0.2, -0.15) is 5.10 Å². The predicted octanol–water partition coefficient (Wildman–Crippen LogP) is 2.44. The molecule has 0 fully saturated rings. The lowest BCUT2D eigenvalue weighted by Crippen LogP contribution is -2.14. The number of carbonyl (C=O) groups is 1. The smallest absolute Gasteiger partial charge is 0.305 e. The van der Waals surface area contributed by atoms with Crippen LogP contribution in [0.15, 0.2) is 40.2 Å². The van der Waals surface area contributed by atoms with Crippen molar-refractivity contribution in [3.05, 3.63) is 36.0 Å². The van der Waals surface area contributed by atoms with E-state index in [9.17, 15) is 13.2 Å². The van der Waals surface area contributed by atoms with Crippen molar-refractivity contribution in [2.75, 3.05) is 12.9 Å². The molecule has 1 aromatic heterocycles. The van der Waals surface area contributed by atoms with Gasteiger partial charge in [-0.3, -0.25) is 14.5 Å². The first-order valence-corrected chi connectivity index (χ1v) is 10.8. The van der Waals surface area contributed by atoms with Gasteiger partial charge in [-0.25, -0.2) is 8.42 Å². The van der Waals surface area contributed by atoms with Crippen LogP contribution in [0.2, 0.25) is 0 Å². The maximum absolute atomic E-state index is 11.9. The minimum Gasteiger partial charge on any atom is -0.463 e. The average molecular weight is 389 g/mol. The van der Waals surface area contributed by atoms with Crippen LogP contribution in [-0.2, 0) is 26.4 Å². The van der Waals surface area contributed by atoms with E-state index in [1.807, 2.05) is 19.1 Å². The maximum atomic E-state index is 11.9. The largest absolute Gasteiger partial charge is 0.463 e. The molecule has 1 atom stereocenters. The molecule has 1 aliphatic heterocycles. The fourth-order valence-electron chi connectivity index (χ4n) is 2.94. The predicted molar refractivity (Wildman–Crippen MR) is 104 cm³/mol. The Morgan fingerprint density at radius 1 is 1.33 bits per heavy atom. The summed E-state index contributed by atoms with van der Waals surface area (Å²) in [6.07, 6.45) is 7.06. The van der Waals surface area contributed by atoms with Crippen LogP contribution in [-0.4, -0.2) is 48.8 Å². The van der Waals surface area contributed by atoms with Crippen molar-refractivity contribution >= 4 is 32.4 Å². The normalized spacial score (nSPS) is 16.7. The van der Waals surface area contributed by atoms with Gasteiger partial charge in [0.25, 0.3) is 0 Å². The number of aliphatic imine (C=N–C) groups is 1. The Labute approximate surface area is 158 Å². The van der Waals surface area contributed by atoms with Gasteiger partial charge in [0.05, 0.1) is 16.1 Å². The molecule has 2 heterocycles. The van der Waals surface area contributed by atoms with E-state index in [4.69, 9.17) is 4.74 Å². The van der Waals surface area contributed by atoms with E-state index in [1.165, 1.54) is 6.26 Å². The third-order valence-corrected chi connectivity index (χ3v) is 5.53. The number of ether oxygens (including phenoxy) is 1. The van der Waals surface area contributed by atoms with Crippen LogP contribution in [0.3, 0.4) is 0 Å². The SMILES string of the molecule is CCCCC(=O)OCC1C=CC(c2nn(C)c3ccc(S(C)(=O)=O)cc23)=N1. The van der Waals surface area contributed by atoms with E-state index in [0.29, 0.717) is 17.8 Å². The highest BCUT2D eigenvalue weighted by atomic mass is 32.2. The number of rotatable bonds is 7. The molecule has 0 amide bonds. The van der Waals surface area contributed by atoms with Crippen molar-refractivity contribution < 1.29 is 17.9 Å². The second-order valence-electron chi connectivity index (χ2n) is 6.65. The zero-order valence-corrected chi connectivity index (χ0v) is 16.5. The van der Waals surface area contributed by atoms with E-state index in [-0.39, 0.29) is 23.5 Å². The summed E-state index contributed by atoms with van der Waals surface area (Å²) in [6, 6.07) is 4.70. The number of benzene rings is 1. The molecule has 144 valence electrons. The number of unbranched alkanes of at least 4 members (excludes halogenated alkanes) is 1. The molecule has 0 radical (unpaired) electrons. The molecule has 7 nitrogen and oxygen atoms in total. The molecule has 1 aromatic carbocycles. The number of fused-ring (bicyclic) bond motifs is 1. The second-order valence-corrected chi connectivity index (χ2v) is 8.67. The van der Waals surface area contributed by atoms with Gasteiger partial charge in [0.2, 0.25) is 0 Å². The van der Waals surface area contributed by atoms with Gasteiger partial charge < -0.3 is 4.74 Å². The highest BCUT2D eigenvalue weighted by Gasteiger charge is 2.20. The Kier molecular flexibility index (Phi) is 5.46. The van der Waals surface area contributed by atoms with E-state index < -0.39 is 9.84 Å². The minimum absolute atomic E-state index is 0.196. The molecule has 0 N–H and O–H groups in total. The number of sulfone groups is 1. The summed E-state index contributed by atoms with van der Waals surface area (Å²) in [5, 5.41) is 5.22. The quantitative estimate of drug-likeness (QED) is 0.679. The number of aromatic nitrogens is 2. The monoisotopic (exact) mass is 389 g/mol. The third-order valence-electron chi connectivity index (χ3n) is 4.42. The molecule has 2 aromatic rings. The van der Waals surface area contributed by atoms with Gasteiger partial charge in [-0.15, -0.1) is 0 Å². The van der Waals surface area contributed by atoms with E-state index >= 15 is 0 Å². The molecule has 1 unspecified atom stereocenters. The Bertz CT molecular complexity index is 1030. The molecular weight excluding hydrogens is 366 g/mol. The van der Waals surface area contributed by atoms with Crippen molar-refractivity contribution in [2.24, 2.45) is 12.0 Å². The average Bonchev–Trinajstić information content (AvgIpc) is 3.22. The molecule has 1 aliphatic rings. The lowest BCUT2D eigenvalue weighted by atomic mass is 10.1. The molecule has 0 bridgehead atoms. The summed E-state index contributed by atoms with van der Waals surface area (Å²) in [7, 11) is -1.51. The maximum Gasteiger partial charge on any atom is 0.305 e. The number of hydrogen-bond donors (Lipinski definition) is 0. The number of hydrogen-bond acceptors (Lipinski definition) is 6. The molecule has 8 heteroatoms. The summed E-state index contributed by atoms with van der Waals surface area (Å²) in [4.78, 5) is 16.5. The molecule has 0 saturated heterocycles. The number of carbonyl (C=O) groups excluding carboxylic acids is 1. The van der Waals surface area contributed by atoms with E-state index in [2.05, 4.69) is 10.1 Å². The molecule has 27 heavy (non-hydrogen) atoms. The molecule has 3 rings (SSSR count). The van der Waals surface area contributed by atoms with Gasteiger partial charge in [-0.05, 0) is 30.7 Å². The van der Waals surface area contributed by atoms with Gasteiger partial charge in [0, 0.05) is 25.1 Å². The summed E-state index contributed by atoms with van der Waals surface area (Å²) in [6.45, 7) is 2.22. The van der Waals surface area contributed by atoms with Crippen molar-refractivity contribution in [1.82, 2.24) is 9.78 Å². The Morgan fingerprint density at radius 2 is 2.11 bits per heavy atom. The molecular formula is C19H23N3O4S. The van der Waals surface area contributed by atoms with Crippen LogP contribution in [0.1, 0.15) is 31.9 Å². The standard InChI is InChI=1S/C19H23N3O4S/c1-4-5-6-18(23)26-12-13-7-9-16(20-13)19-15-11-14(27(3,24)25)8-10-17(15)22(2)21-19/h7-11,13H,4-6,12H2,1-3H3. The summed E-state index contributed by atoms with van der Waals surface area (Å²) in [5.74, 6) is -0.213. The van der Waals surface area contributed by atoms with Crippen LogP contribution in [0, 0.1) is 0 Å². The molecule has 0 saturated carbocycles. The lowest BCUT2D eigenvalue weighted by Gasteiger charge is -2.06. The van der Waals surface area contributed by atoms with Gasteiger partial charge >= 0.3 is 5.97 Å². The molecule has 0 aliphatic carbocycles. The van der Waals surface area contributed by atoms with E-state index in [1.54, 1.807) is 29.9 Å². The van der Waals surface area contributed by atoms with Crippen LogP contribution in [0.4, 0.5) is 0 Å². The highest BCUT2D eigenvalue weighted by Crippen LogP contribution is 2.24. The van der Waals surface area contributed by atoms with Gasteiger partial charge in [-0.1, -0.05) is 19.4 Å². The summed E-state index contributed by atoms with van der Waals surface area (Å²) >= 11 is 0. The summed E-state index contributed by atoms with van der Waals surface area (Å²) < 4.78 is 30.7. The second kappa shape index (κ2) is 7.64. The zero-order valence-electron chi connectivity index (χ0n) is 15.7. The highest BCUT2D eigenvalue weighted by molar-refractivity contribution is 7.90. The number of nitrogens with zero attached hydrogens (tertiary/aromatic N) is 3. The number of allylic oxidation sites excluding steroid dienone is 1. The van der Waals surface area contributed by atoms with Gasteiger partial charge in [0.1, 0.15) is 18.3 Å². The van der Waals surface area contributed by atoms with Crippen LogP contribution in [0.25, 0.3) is 10.9 Å². The fourth-order valence-corrected chi connectivity index (χ4v) is 3.58. The fraction of sp³-hybridized carbons (Fsp3) is 0.421. The van der Waals surface area contributed by atoms with Crippen molar-refractivity contribution in [3.8, 4) is 0 Å². The first kappa shape index (κ1) is 19.3. The first-order chi connectivity index (χ1) is 12.8. The van der Waals surface area contributed by atoms with Crippen molar-refractivity contribution in [3.63, 3.8) is 0 Å². The van der Waals surface area contributed by atoms with E-state index in [0.717, 1.165) is 23.7 Å². The van der Waals surface area contributed by atoms with Crippen LogP contribution < -0.4 is 0 Å². The Balaban J connectivity index is 1.83. The van der Waals surface area contributed by atoms with Crippen molar-refractivity contribution in [1.29, 1.82) is 0 Å². The van der Waals surface area contributed by atoms with Gasteiger partial charge in [0.15, 0.2) is 9.84 Å². The first-order valence-electron chi connectivity index (χ1n) is 8.88. The lowest BCUT2D eigenvalue weighted by molar-refractivity contribution is -0.143. The Hall–Kier alpha value is -2.48. The van der Waals surface area contributed by atoms with Crippen LogP contribution >= 0.6 is 0 Å². The third kappa shape index (κ3) is 4.27. The van der Waals surface area contributed by atoms with Crippen LogP contribution in [0.5, 0.6) is 0 Å². The number of esters is 1. The number of aryl methyl sites for hydroxylation is 1. The zero-order chi connectivity index (χ0) is 19.6. The topological polar surface area (TPSA) is 90.6 Å². The molecule has 0 spiro atoms.